The van der Waals surface area contributed by atoms with Gasteiger partial charge in [-0.05, 0) is 30.9 Å². The molecule has 0 bridgehead atoms. The quantitative estimate of drug-likeness (QED) is 0.717. The van der Waals surface area contributed by atoms with E-state index in [1.165, 1.54) is 12.8 Å². The van der Waals surface area contributed by atoms with E-state index >= 15 is 0 Å². The number of unbranched alkanes of at least 4 members (excludes halogenated alkanes) is 1. The molecule has 5 heteroatoms. The van der Waals surface area contributed by atoms with Crippen LogP contribution in [0.1, 0.15) is 38.2 Å². The first kappa shape index (κ1) is 14.5. The van der Waals surface area contributed by atoms with Crippen molar-refractivity contribution in [3.63, 3.8) is 0 Å². The number of benzene rings is 1. The minimum atomic E-state index is -3.38. The van der Waals surface area contributed by atoms with Crippen LogP contribution < -0.4 is 10.0 Å². The molecule has 1 aliphatic carbocycles. The second-order valence-electron chi connectivity index (χ2n) is 5.01. The highest BCUT2D eigenvalue weighted by Crippen LogP contribution is 2.21. The van der Waals surface area contributed by atoms with Gasteiger partial charge in [0.15, 0.2) is 0 Å². The maximum atomic E-state index is 12.2. The molecule has 4 nitrogen and oxygen atoms in total. The number of hydrogen-bond donors (Lipinski definition) is 2. The van der Waals surface area contributed by atoms with Crippen LogP contribution in [0.3, 0.4) is 0 Å². The second-order valence-corrected chi connectivity index (χ2v) is 6.75. The molecule has 0 aromatic heterocycles. The molecular formula is C14H22N2O2S. The zero-order valence-corrected chi connectivity index (χ0v) is 12.2. The summed E-state index contributed by atoms with van der Waals surface area (Å²) in [4.78, 5) is 0.402. The SMILES string of the molecule is CCCCNS(=O)(=O)c1ccccc1CNC1CC1. The Bertz CT molecular complexity index is 510. The van der Waals surface area contributed by atoms with Crippen molar-refractivity contribution in [2.24, 2.45) is 0 Å². The van der Waals surface area contributed by atoms with Gasteiger partial charge >= 0.3 is 0 Å². The summed E-state index contributed by atoms with van der Waals surface area (Å²) in [5, 5.41) is 3.36. The third kappa shape index (κ3) is 4.30. The molecule has 0 heterocycles. The second kappa shape index (κ2) is 6.50. The minimum Gasteiger partial charge on any atom is -0.310 e. The molecule has 1 fully saturated rings. The van der Waals surface area contributed by atoms with Gasteiger partial charge in [0.05, 0.1) is 4.90 Å². The highest BCUT2D eigenvalue weighted by molar-refractivity contribution is 7.89. The van der Waals surface area contributed by atoms with Crippen LogP contribution in [0.15, 0.2) is 29.2 Å². The Balaban J connectivity index is 2.08. The van der Waals surface area contributed by atoms with E-state index in [1.54, 1.807) is 12.1 Å². The van der Waals surface area contributed by atoms with Gasteiger partial charge in [-0.15, -0.1) is 0 Å². The zero-order chi connectivity index (χ0) is 13.7. The molecule has 1 aliphatic rings. The summed E-state index contributed by atoms with van der Waals surface area (Å²) >= 11 is 0. The van der Waals surface area contributed by atoms with Gasteiger partial charge in [-0.25, -0.2) is 13.1 Å². The Kier molecular flexibility index (Phi) is 4.96. The molecule has 1 aromatic rings. The highest BCUT2D eigenvalue weighted by Gasteiger charge is 2.22. The minimum absolute atomic E-state index is 0.402. The highest BCUT2D eigenvalue weighted by atomic mass is 32.2. The van der Waals surface area contributed by atoms with Gasteiger partial charge in [0, 0.05) is 19.1 Å². The van der Waals surface area contributed by atoms with Crippen molar-refractivity contribution >= 4 is 10.0 Å². The summed E-state index contributed by atoms with van der Waals surface area (Å²) in [6, 6.07) is 7.79. The molecular weight excluding hydrogens is 260 g/mol. The van der Waals surface area contributed by atoms with Crippen molar-refractivity contribution in [3.05, 3.63) is 29.8 Å². The molecule has 106 valence electrons. The lowest BCUT2D eigenvalue weighted by molar-refractivity contribution is 0.575. The smallest absolute Gasteiger partial charge is 0.240 e. The van der Waals surface area contributed by atoms with E-state index in [0.717, 1.165) is 18.4 Å². The van der Waals surface area contributed by atoms with Gasteiger partial charge in [-0.3, -0.25) is 0 Å². The van der Waals surface area contributed by atoms with Gasteiger partial charge in [0.25, 0.3) is 0 Å². The topological polar surface area (TPSA) is 58.2 Å². The molecule has 0 amide bonds. The molecule has 0 atom stereocenters. The molecule has 0 saturated heterocycles. The summed E-state index contributed by atoms with van der Waals surface area (Å²) in [6.45, 7) is 3.17. The van der Waals surface area contributed by atoms with E-state index in [2.05, 4.69) is 10.0 Å². The fourth-order valence-electron chi connectivity index (χ4n) is 1.91. The van der Waals surface area contributed by atoms with E-state index in [0.29, 0.717) is 24.0 Å². The number of nitrogens with one attached hydrogen (secondary N) is 2. The van der Waals surface area contributed by atoms with E-state index < -0.39 is 10.0 Å². The summed E-state index contributed by atoms with van der Waals surface area (Å²) in [5.74, 6) is 0. The summed E-state index contributed by atoms with van der Waals surface area (Å²) < 4.78 is 27.2. The molecule has 2 rings (SSSR count). The third-order valence-electron chi connectivity index (χ3n) is 3.24. The van der Waals surface area contributed by atoms with Crippen molar-refractivity contribution in [2.75, 3.05) is 6.54 Å². The largest absolute Gasteiger partial charge is 0.310 e. The number of rotatable bonds is 8. The van der Waals surface area contributed by atoms with Crippen LogP contribution in [-0.2, 0) is 16.6 Å². The van der Waals surface area contributed by atoms with E-state index in [9.17, 15) is 8.42 Å². The van der Waals surface area contributed by atoms with Crippen LogP contribution in [0.2, 0.25) is 0 Å². The summed E-state index contributed by atoms with van der Waals surface area (Å²) in [5.41, 5.74) is 0.846. The van der Waals surface area contributed by atoms with Gasteiger partial charge in [0.1, 0.15) is 0 Å². The van der Waals surface area contributed by atoms with Crippen molar-refractivity contribution in [2.45, 2.75) is 50.1 Å². The van der Waals surface area contributed by atoms with Crippen molar-refractivity contribution < 1.29 is 8.42 Å². The van der Waals surface area contributed by atoms with E-state index in [-0.39, 0.29) is 0 Å². The normalized spacial score (nSPS) is 15.6. The van der Waals surface area contributed by atoms with Gasteiger partial charge in [-0.1, -0.05) is 31.5 Å². The first-order valence-corrected chi connectivity index (χ1v) is 8.43. The number of sulfonamides is 1. The predicted molar refractivity (Wildman–Crippen MR) is 76.4 cm³/mol. The lowest BCUT2D eigenvalue weighted by Crippen LogP contribution is -2.27. The monoisotopic (exact) mass is 282 g/mol. The first-order valence-electron chi connectivity index (χ1n) is 6.94. The third-order valence-corrected chi connectivity index (χ3v) is 4.80. The molecule has 19 heavy (non-hydrogen) atoms. The zero-order valence-electron chi connectivity index (χ0n) is 11.4. The Hall–Kier alpha value is -0.910. The van der Waals surface area contributed by atoms with Gasteiger partial charge in [0.2, 0.25) is 10.0 Å². The fourth-order valence-corrected chi connectivity index (χ4v) is 3.23. The Morgan fingerprint density at radius 3 is 2.68 bits per heavy atom. The van der Waals surface area contributed by atoms with Crippen LogP contribution in [0.4, 0.5) is 0 Å². The van der Waals surface area contributed by atoms with Crippen molar-refractivity contribution in [1.29, 1.82) is 0 Å². The average molecular weight is 282 g/mol. The Labute approximate surface area is 115 Å². The van der Waals surface area contributed by atoms with Crippen LogP contribution in [0, 0.1) is 0 Å². The Morgan fingerprint density at radius 2 is 2.00 bits per heavy atom. The molecule has 1 saturated carbocycles. The fraction of sp³-hybridized carbons (Fsp3) is 0.571. The molecule has 0 radical (unpaired) electrons. The molecule has 1 aromatic carbocycles. The molecule has 0 unspecified atom stereocenters. The standard InChI is InChI=1S/C14H22N2O2S/c1-2-3-10-16-19(17,18)14-7-5-4-6-12(14)11-15-13-8-9-13/h4-7,13,15-16H,2-3,8-11H2,1H3. The van der Waals surface area contributed by atoms with Gasteiger partial charge < -0.3 is 5.32 Å². The van der Waals surface area contributed by atoms with E-state index in [1.807, 2.05) is 19.1 Å². The lowest BCUT2D eigenvalue weighted by Gasteiger charge is -2.11. The maximum absolute atomic E-state index is 12.2. The summed E-state index contributed by atoms with van der Waals surface area (Å²) in [6.07, 6.45) is 4.24. The van der Waals surface area contributed by atoms with Crippen molar-refractivity contribution in [1.82, 2.24) is 10.0 Å². The first-order chi connectivity index (χ1) is 9.13. The number of hydrogen-bond acceptors (Lipinski definition) is 3. The Morgan fingerprint density at radius 1 is 1.26 bits per heavy atom. The van der Waals surface area contributed by atoms with Gasteiger partial charge in [-0.2, -0.15) is 0 Å². The molecule has 0 aliphatic heterocycles. The van der Waals surface area contributed by atoms with E-state index in [4.69, 9.17) is 0 Å². The predicted octanol–water partition coefficient (Wildman–Crippen LogP) is 2.02. The van der Waals surface area contributed by atoms with Crippen molar-refractivity contribution in [3.8, 4) is 0 Å². The van der Waals surface area contributed by atoms with Crippen LogP contribution in [-0.4, -0.2) is 21.0 Å². The van der Waals surface area contributed by atoms with Crippen LogP contribution in [0.25, 0.3) is 0 Å². The molecule has 0 spiro atoms. The lowest BCUT2D eigenvalue weighted by atomic mass is 10.2. The molecule has 2 N–H and O–H groups in total. The summed E-state index contributed by atoms with van der Waals surface area (Å²) in [7, 11) is -3.38. The van der Waals surface area contributed by atoms with Crippen LogP contribution in [0.5, 0.6) is 0 Å². The maximum Gasteiger partial charge on any atom is 0.240 e. The van der Waals surface area contributed by atoms with Crippen LogP contribution >= 0.6 is 0 Å². The average Bonchev–Trinajstić information content (AvgIpc) is 3.21.